The summed E-state index contributed by atoms with van der Waals surface area (Å²) >= 11 is 0. The topological polar surface area (TPSA) is 84.9 Å². The average molecular weight is 217 g/mol. The van der Waals surface area contributed by atoms with Crippen molar-refractivity contribution in [2.24, 2.45) is 5.92 Å². The third kappa shape index (κ3) is 3.17. The number of hydrogen-bond acceptors (Lipinski definition) is 4. The summed E-state index contributed by atoms with van der Waals surface area (Å²) in [4.78, 5) is 22.2. The first kappa shape index (κ1) is 11.9. The van der Waals surface area contributed by atoms with Crippen molar-refractivity contribution >= 4 is 11.9 Å². The molecule has 0 aromatic heterocycles. The number of rotatable bonds is 4. The normalized spacial score (nSPS) is 25.5. The molecule has 0 aromatic rings. The van der Waals surface area contributed by atoms with Gasteiger partial charge in [0.2, 0.25) is 0 Å². The second kappa shape index (κ2) is 5.09. The second-order valence-corrected chi connectivity index (χ2v) is 3.77. The Labute approximate surface area is 87.5 Å². The van der Waals surface area contributed by atoms with E-state index in [9.17, 15) is 9.59 Å². The maximum atomic E-state index is 11.5. The fraction of sp³-hybridized carbons (Fsp3) is 0.778. The van der Waals surface area contributed by atoms with Crippen molar-refractivity contribution in [1.82, 2.24) is 5.32 Å². The third-order valence-corrected chi connectivity index (χ3v) is 1.96. The molecular weight excluding hydrogens is 202 g/mol. The molecule has 1 aliphatic heterocycles. The third-order valence-electron chi connectivity index (χ3n) is 1.96. The van der Waals surface area contributed by atoms with Crippen LogP contribution in [0.2, 0.25) is 0 Å². The Morgan fingerprint density at radius 2 is 2.00 bits per heavy atom. The summed E-state index contributed by atoms with van der Waals surface area (Å²) in [5, 5.41) is 11.3. The Kier molecular flexibility index (Phi) is 4.05. The van der Waals surface area contributed by atoms with Gasteiger partial charge in [-0.15, -0.1) is 0 Å². The van der Waals surface area contributed by atoms with Crippen LogP contribution in [-0.2, 0) is 19.1 Å². The van der Waals surface area contributed by atoms with Gasteiger partial charge in [0.25, 0.3) is 5.91 Å². The molecule has 1 fully saturated rings. The van der Waals surface area contributed by atoms with Gasteiger partial charge in [0.05, 0.1) is 0 Å². The van der Waals surface area contributed by atoms with Gasteiger partial charge in [-0.05, 0) is 5.92 Å². The summed E-state index contributed by atoms with van der Waals surface area (Å²) in [6.45, 7) is 4.23. The largest absolute Gasteiger partial charge is 0.479 e. The van der Waals surface area contributed by atoms with E-state index in [0.717, 1.165) is 0 Å². The lowest BCUT2D eigenvalue weighted by Crippen LogP contribution is -2.44. The molecule has 15 heavy (non-hydrogen) atoms. The van der Waals surface area contributed by atoms with Crippen LogP contribution in [0.1, 0.15) is 13.8 Å². The molecule has 6 heteroatoms. The Bertz CT molecular complexity index is 253. The van der Waals surface area contributed by atoms with E-state index in [1.807, 2.05) is 13.8 Å². The lowest BCUT2D eigenvalue weighted by Gasteiger charge is -2.14. The highest BCUT2D eigenvalue weighted by molar-refractivity contribution is 5.88. The SMILES string of the molecule is CC(C)CNC(=O)C1OCOC1C(=O)O. The van der Waals surface area contributed by atoms with E-state index in [2.05, 4.69) is 5.32 Å². The first-order chi connectivity index (χ1) is 7.02. The molecule has 1 heterocycles. The van der Waals surface area contributed by atoms with Crippen molar-refractivity contribution in [2.45, 2.75) is 26.1 Å². The summed E-state index contributed by atoms with van der Waals surface area (Å²) in [5.74, 6) is -1.31. The number of amides is 1. The van der Waals surface area contributed by atoms with Gasteiger partial charge in [0.1, 0.15) is 6.79 Å². The van der Waals surface area contributed by atoms with Crippen LogP contribution >= 0.6 is 0 Å². The highest BCUT2D eigenvalue weighted by Crippen LogP contribution is 2.13. The molecule has 0 spiro atoms. The lowest BCUT2D eigenvalue weighted by atomic mass is 10.1. The monoisotopic (exact) mass is 217 g/mol. The standard InChI is InChI=1S/C9H15NO5/c1-5(2)3-10-8(11)6-7(9(12)13)15-4-14-6/h5-7H,3-4H2,1-2H3,(H,10,11)(H,12,13). The number of nitrogens with one attached hydrogen (secondary N) is 1. The molecule has 0 aliphatic carbocycles. The van der Waals surface area contributed by atoms with Crippen LogP contribution in [0, 0.1) is 5.92 Å². The van der Waals surface area contributed by atoms with E-state index >= 15 is 0 Å². The van der Waals surface area contributed by atoms with Crippen LogP contribution in [0.15, 0.2) is 0 Å². The zero-order valence-electron chi connectivity index (χ0n) is 8.73. The van der Waals surface area contributed by atoms with Crippen molar-refractivity contribution < 1.29 is 24.2 Å². The molecule has 0 saturated carbocycles. The van der Waals surface area contributed by atoms with Gasteiger partial charge in [-0.1, -0.05) is 13.8 Å². The Hall–Kier alpha value is -1.14. The van der Waals surface area contributed by atoms with E-state index in [4.69, 9.17) is 14.6 Å². The van der Waals surface area contributed by atoms with E-state index < -0.39 is 24.1 Å². The van der Waals surface area contributed by atoms with Crippen molar-refractivity contribution in [3.8, 4) is 0 Å². The van der Waals surface area contributed by atoms with E-state index in [-0.39, 0.29) is 6.79 Å². The molecule has 0 bridgehead atoms. The van der Waals surface area contributed by atoms with Gasteiger partial charge in [-0.25, -0.2) is 4.79 Å². The van der Waals surface area contributed by atoms with Crippen LogP contribution in [0.3, 0.4) is 0 Å². The first-order valence-corrected chi connectivity index (χ1v) is 4.76. The Balaban J connectivity index is 2.47. The van der Waals surface area contributed by atoms with Gasteiger partial charge >= 0.3 is 5.97 Å². The fourth-order valence-corrected chi connectivity index (χ4v) is 1.18. The summed E-state index contributed by atoms with van der Waals surface area (Å²) in [6, 6.07) is 0. The molecule has 86 valence electrons. The van der Waals surface area contributed by atoms with E-state index in [0.29, 0.717) is 12.5 Å². The van der Waals surface area contributed by atoms with Crippen LogP contribution in [0.5, 0.6) is 0 Å². The molecular formula is C9H15NO5. The molecule has 2 atom stereocenters. The summed E-state index contributed by atoms with van der Waals surface area (Å²) in [6.07, 6.45) is -2.24. The van der Waals surface area contributed by atoms with E-state index in [1.165, 1.54) is 0 Å². The number of carbonyl (C=O) groups is 2. The maximum Gasteiger partial charge on any atom is 0.336 e. The highest BCUT2D eigenvalue weighted by Gasteiger charge is 2.40. The minimum Gasteiger partial charge on any atom is -0.479 e. The molecule has 2 N–H and O–H groups in total. The maximum absolute atomic E-state index is 11.5. The summed E-state index contributed by atoms with van der Waals surface area (Å²) in [5.41, 5.74) is 0. The number of hydrogen-bond donors (Lipinski definition) is 2. The average Bonchev–Trinajstić information content (AvgIpc) is 2.62. The zero-order valence-corrected chi connectivity index (χ0v) is 8.73. The molecule has 1 rings (SSSR count). The molecule has 1 aliphatic rings. The molecule has 0 aromatic carbocycles. The Morgan fingerprint density at radius 1 is 1.40 bits per heavy atom. The van der Waals surface area contributed by atoms with Gasteiger partial charge < -0.3 is 19.9 Å². The predicted octanol–water partition coefficient (Wildman–Crippen LogP) is -0.415. The van der Waals surface area contributed by atoms with Crippen molar-refractivity contribution in [3.05, 3.63) is 0 Å². The number of carbonyl (C=O) groups excluding carboxylic acids is 1. The van der Waals surface area contributed by atoms with Gasteiger partial charge in [-0.3, -0.25) is 4.79 Å². The minimum atomic E-state index is -1.20. The van der Waals surface area contributed by atoms with Crippen molar-refractivity contribution in [3.63, 3.8) is 0 Å². The second-order valence-electron chi connectivity index (χ2n) is 3.77. The summed E-state index contributed by atoms with van der Waals surface area (Å²) in [7, 11) is 0. The van der Waals surface area contributed by atoms with Gasteiger partial charge in [0, 0.05) is 6.54 Å². The quantitative estimate of drug-likeness (QED) is 0.668. The molecule has 6 nitrogen and oxygen atoms in total. The Morgan fingerprint density at radius 3 is 2.53 bits per heavy atom. The number of aliphatic carboxylic acids is 1. The minimum absolute atomic E-state index is 0.156. The number of carboxylic acid groups (broad SMARTS) is 1. The van der Waals surface area contributed by atoms with Crippen LogP contribution in [-0.4, -0.2) is 42.5 Å². The number of carboxylic acids is 1. The summed E-state index contributed by atoms with van der Waals surface area (Å²) < 4.78 is 9.68. The van der Waals surface area contributed by atoms with Crippen molar-refractivity contribution in [1.29, 1.82) is 0 Å². The number of ether oxygens (including phenoxy) is 2. The van der Waals surface area contributed by atoms with Crippen LogP contribution in [0.4, 0.5) is 0 Å². The van der Waals surface area contributed by atoms with Gasteiger partial charge in [0.15, 0.2) is 12.2 Å². The lowest BCUT2D eigenvalue weighted by molar-refractivity contribution is -0.150. The van der Waals surface area contributed by atoms with E-state index in [1.54, 1.807) is 0 Å². The molecule has 1 saturated heterocycles. The molecule has 1 amide bonds. The van der Waals surface area contributed by atoms with Gasteiger partial charge in [-0.2, -0.15) is 0 Å². The molecule has 2 unspecified atom stereocenters. The predicted molar refractivity (Wildman–Crippen MR) is 50.1 cm³/mol. The molecule has 0 radical (unpaired) electrons. The van der Waals surface area contributed by atoms with Crippen LogP contribution in [0.25, 0.3) is 0 Å². The highest BCUT2D eigenvalue weighted by atomic mass is 16.7. The van der Waals surface area contributed by atoms with Crippen molar-refractivity contribution in [2.75, 3.05) is 13.3 Å². The van der Waals surface area contributed by atoms with Crippen LogP contribution < -0.4 is 5.32 Å². The fourth-order valence-electron chi connectivity index (χ4n) is 1.18. The zero-order chi connectivity index (χ0) is 11.4. The smallest absolute Gasteiger partial charge is 0.336 e. The first-order valence-electron chi connectivity index (χ1n) is 4.76.